The topological polar surface area (TPSA) is 86.8 Å². The molecule has 2 aromatic rings. The Bertz CT molecular complexity index is 1050. The van der Waals surface area contributed by atoms with Crippen LogP contribution < -0.4 is 9.62 Å². The first-order valence-electron chi connectivity index (χ1n) is 12.2. The summed E-state index contributed by atoms with van der Waals surface area (Å²) in [6.07, 6.45) is 3.45. The maximum atomic E-state index is 13.5. The van der Waals surface area contributed by atoms with Crippen LogP contribution in [0.2, 0.25) is 0 Å². The van der Waals surface area contributed by atoms with Crippen LogP contribution in [0.1, 0.15) is 57.6 Å². The van der Waals surface area contributed by atoms with Crippen LogP contribution in [0.4, 0.5) is 5.69 Å². The van der Waals surface area contributed by atoms with Gasteiger partial charge in [0.25, 0.3) is 0 Å². The van der Waals surface area contributed by atoms with Crippen molar-refractivity contribution >= 4 is 27.5 Å². The predicted octanol–water partition coefficient (Wildman–Crippen LogP) is 3.95. The lowest BCUT2D eigenvalue weighted by atomic mass is 10.0. The summed E-state index contributed by atoms with van der Waals surface area (Å²) in [6.45, 7) is 8.31. The van der Waals surface area contributed by atoms with Crippen LogP contribution in [0, 0.1) is 0 Å². The SMILES string of the molecule is CCCCNC(=O)[C@@H](C)N(CCc1ccccc1)C(=O)CN(c1ccc(C(C)C)cc1)S(C)(=O)=O. The Morgan fingerprint density at radius 1 is 0.971 bits per heavy atom. The van der Waals surface area contributed by atoms with E-state index in [1.165, 1.54) is 4.90 Å². The first-order valence-corrected chi connectivity index (χ1v) is 14.1. The number of benzene rings is 2. The summed E-state index contributed by atoms with van der Waals surface area (Å²) in [4.78, 5) is 27.8. The van der Waals surface area contributed by atoms with Crippen LogP contribution in [-0.4, -0.2) is 57.1 Å². The smallest absolute Gasteiger partial charge is 0.244 e. The fourth-order valence-corrected chi connectivity index (χ4v) is 4.59. The highest BCUT2D eigenvalue weighted by Crippen LogP contribution is 2.22. The molecule has 0 aliphatic rings. The summed E-state index contributed by atoms with van der Waals surface area (Å²) < 4.78 is 26.4. The fourth-order valence-electron chi connectivity index (χ4n) is 3.75. The Morgan fingerprint density at radius 2 is 1.60 bits per heavy atom. The van der Waals surface area contributed by atoms with Crippen molar-refractivity contribution in [1.82, 2.24) is 10.2 Å². The molecule has 1 atom stereocenters. The van der Waals surface area contributed by atoms with Crippen LogP contribution in [0.15, 0.2) is 54.6 Å². The molecule has 2 rings (SSSR count). The van der Waals surface area contributed by atoms with E-state index < -0.39 is 22.0 Å². The molecular weight excluding hydrogens is 462 g/mol. The van der Waals surface area contributed by atoms with Gasteiger partial charge in [0.15, 0.2) is 0 Å². The zero-order valence-corrected chi connectivity index (χ0v) is 22.3. The standard InChI is InChI=1S/C27H39N3O4S/c1-6-7-18-28-27(32)22(4)29(19-17-23-11-9-8-10-12-23)26(31)20-30(35(5,33)34)25-15-13-24(14-16-25)21(2)3/h8-16,21-22H,6-7,17-20H2,1-5H3,(H,28,32)/t22-/m1/s1. The van der Waals surface area contributed by atoms with E-state index in [9.17, 15) is 18.0 Å². The van der Waals surface area contributed by atoms with Crippen molar-refractivity contribution < 1.29 is 18.0 Å². The minimum Gasteiger partial charge on any atom is -0.354 e. The molecule has 2 amide bonds. The van der Waals surface area contributed by atoms with Gasteiger partial charge in [-0.25, -0.2) is 8.42 Å². The van der Waals surface area contributed by atoms with Gasteiger partial charge < -0.3 is 10.2 Å². The van der Waals surface area contributed by atoms with E-state index in [4.69, 9.17) is 0 Å². The first kappa shape index (κ1) is 28.4. The van der Waals surface area contributed by atoms with Crippen molar-refractivity contribution in [1.29, 1.82) is 0 Å². The number of nitrogens with zero attached hydrogens (tertiary/aromatic N) is 2. The zero-order chi connectivity index (χ0) is 26.0. The number of hydrogen-bond donors (Lipinski definition) is 1. The number of carbonyl (C=O) groups excluding carboxylic acids is 2. The fraction of sp³-hybridized carbons (Fsp3) is 0.481. The highest BCUT2D eigenvalue weighted by Gasteiger charge is 2.29. The van der Waals surface area contributed by atoms with Crippen molar-refractivity contribution in [3.63, 3.8) is 0 Å². The van der Waals surface area contributed by atoms with Gasteiger partial charge >= 0.3 is 0 Å². The molecular formula is C27H39N3O4S. The molecule has 192 valence electrons. The van der Waals surface area contributed by atoms with Crippen molar-refractivity contribution in [2.75, 3.05) is 30.2 Å². The molecule has 0 unspecified atom stereocenters. The number of sulfonamides is 1. The van der Waals surface area contributed by atoms with Gasteiger partial charge in [-0.1, -0.05) is 69.7 Å². The van der Waals surface area contributed by atoms with Crippen LogP contribution in [0.3, 0.4) is 0 Å². The summed E-state index contributed by atoms with van der Waals surface area (Å²) in [5.41, 5.74) is 2.54. The molecule has 0 saturated carbocycles. The number of amides is 2. The maximum absolute atomic E-state index is 13.5. The summed E-state index contributed by atoms with van der Waals surface area (Å²) >= 11 is 0. The molecule has 2 aromatic carbocycles. The van der Waals surface area contributed by atoms with E-state index in [2.05, 4.69) is 19.2 Å². The average molecular weight is 502 g/mol. The Morgan fingerprint density at radius 3 is 2.14 bits per heavy atom. The van der Waals surface area contributed by atoms with Crippen molar-refractivity contribution in [3.8, 4) is 0 Å². The lowest BCUT2D eigenvalue weighted by Gasteiger charge is -2.31. The second-order valence-electron chi connectivity index (χ2n) is 9.16. The Labute approximate surface area is 210 Å². The van der Waals surface area contributed by atoms with Gasteiger partial charge in [0.1, 0.15) is 12.6 Å². The van der Waals surface area contributed by atoms with Gasteiger partial charge in [0.2, 0.25) is 21.8 Å². The quantitative estimate of drug-likeness (QED) is 0.421. The third-order valence-corrected chi connectivity index (χ3v) is 7.15. The molecule has 0 aliphatic carbocycles. The van der Waals surface area contributed by atoms with E-state index in [0.717, 1.165) is 34.5 Å². The minimum absolute atomic E-state index is 0.243. The van der Waals surface area contributed by atoms with Crippen LogP contribution in [0.25, 0.3) is 0 Å². The van der Waals surface area contributed by atoms with E-state index in [0.29, 0.717) is 31.1 Å². The van der Waals surface area contributed by atoms with Gasteiger partial charge in [-0.3, -0.25) is 13.9 Å². The van der Waals surface area contributed by atoms with Crippen molar-refractivity contribution in [2.24, 2.45) is 0 Å². The van der Waals surface area contributed by atoms with Crippen molar-refractivity contribution in [3.05, 3.63) is 65.7 Å². The summed E-state index contributed by atoms with van der Waals surface area (Å²) in [6, 6.07) is 16.2. The largest absolute Gasteiger partial charge is 0.354 e. The average Bonchev–Trinajstić information content (AvgIpc) is 2.82. The molecule has 35 heavy (non-hydrogen) atoms. The molecule has 1 N–H and O–H groups in total. The number of anilines is 1. The minimum atomic E-state index is -3.72. The van der Waals surface area contributed by atoms with E-state index in [1.54, 1.807) is 19.1 Å². The molecule has 0 fully saturated rings. The molecule has 0 saturated heterocycles. The van der Waals surface area contributed by atoms with E-state index >= 15 is 0 Å². The number of hydrogen-bond acceptors (Lipinski definition) is 4. The number of nitrogens with one attached hydrogen (secondary N) is 1. The summed E-state index contributed by atoms with van der Waals surface area (Å²) in [5.74, 6) is -0.359. The Hall–Kier alpha value is -2.87. The highest BCUT2D eigenvalue weighted by molar-refractivity contribution is 7.92. The number of unbranched alkanes of at least 4 members (excludes halogenated alkanes) is 1. The van der Waals surface area contributed by atoms with Crippen molar-refractivity contribution in [2.45, 2.75) is 58.9 Å². The zero-order valence-electron chi connectivity index (χ0n) is 21.5. The molecule has 0 aliphatic heterocycles. The molecule has 0 radical (unpaired) electrons. The van der Waals surface area contributed by atoms with Gasteiger partial charge in [0, 0.05) is 13.1 Å². The van der Waals surface area contributed by atoms with Gasteiger partial charge in [-0.15, -0.1) is 0 Å². The number of rotatable bonds is 13. The molecule has 0 bridgehead atoms. The monoisotopic (exact) mass is 501 g/mol. The first-order chi connectivity index (χ1) is 16.5. The van der Waals surface area contributed by atoms with Gasteiger partial charge in [-0.05, 0) is 48.9 Å². The summed E-state index contributed by atoms with van der Waals surface area (Å²) in [7, 11) is -3.72. The Kier molecular flexibility index (Phi) is 10.8. The predicted molar refractivity (Wildman–Crippen MR) is 142 cm³/mol. The van der Waals surface area contributed by atoms with E-state index in [1.807, 2.05) is 49.4 Å². The Balaban J connectivity index is 2.27. The maximum Gasteiger partial charge on any atom is 0.244 e. The molecule has 0 aromatic heterocycles. The lowest BCUT2D eigenvalue weighted by molar-refractivity contribution is -0.138. The van der Waals surface area contributed by atoms with E-state index in [-0.39, 0.29) is 12.5 Å². The molecule has 0 heterocycles. The van der Waals surface area contributed by atoms with Crippen LogP contribution in [-0.2, 0) is 26.0 Å². The normalized spacial score (nSPS) is 12.3. The highest BCUT2D eigenvalue weighted by atomic mass is 32.2. The van der Waals surface area contributed by atoms with Crippen LogP contribution in [0.5, 0.6) is 0 Å². The third kappa shape index (κ3) is 8.69. The molecule has 8 heteroatoms. The third-order valence-electron chi connectivity index (χ3n) is 6.01. The summed E-state index contributed by atoms with van der Waals surface area (Å²) in [5, 5.41) is 2.88. The second kappa shape index (κ2) is 13.3. The van der Waals surface area contributed by atoms with Crippen LogP contribution >= 0.6 is 0 Å². The number of carbonyl (C=O) groups is 2. The van der Waals surface area contributed by atoms with Gasteiger partial charge in [-0.2, -0.15) is 0 Å². The van der Waals surface area contributed by atoms with Gasteiger partial charge in [0.05, 0.1) is 11.9 Å². The second-order valence-corrected chi connectivity index (χ2v) is 11.1. The lowest BCUT2D eigenvalue weighted by Crippen LogP contribution is -2.52. The molecule has 0 spiro atoms. The molecule has 7 nitrogen and oxygen atoms in total.